The largest absolute Gasteiger partial charge is 0.444 e. The van der Waals surface area contributed by atoms with Crippen molar-refractivity contribution in [2.75, 3.05) is 31.5 Å². The van der Waals surface area contributed by atoms with E-state index in [1.54, 1.807) is 32.9 Å². The number of aromatic nitrogens is 4. The molecule has 0 saturated carbocycles. The van der Waals surface area contributed by atoms with E-state index < -0.39 is 52.1 Å². The number of rotatable bonds is 9. The van der Waals surface area contributed by atoms with E-state index in [1.807, 2.05) is 29.0 Å². The number of urea groups is 1. The third-order valence-corrected chi connectivity index (χ3v) is 12.7. The van der Waals surface area contributed by atoms with Crippen molar-refractivity contribution in [3.05, 3.63) is 91.8 Å². The summed E-state index contributed by atoms with van der Waals surface area (Å²) in [5, 5.41) is 6.49. The van der Waals surface area contributed by atoms with Crippen LogP contribution in [0.15, 0.2) is 64.4 Å². The van der Waals surface area contributed by atoms with Crippen LogP contribution in [0.3, 0.4) is 0 Å². The van der Waals surface area contributed by atoms with E-state index in [4.69, 9.17) is 21.1 Å². The molecule has 0 radical (unpaired) electrons. The summed E-state index contributed by atoms with van der Waals surface area (Å²) in [6.45, 7) is 7.64. The van der Waals surface area contributed by atoms with Gasteiger partial charge in [-0.25, -0.2) is 34.1 Å². The van der Waals surface area contributed by atoms with E-state index in [0.29, 0.717) is 52.6 Å². The Hall–Kier alpha value is -5.71. The molecule has 4 heterocycles. The number of ether oxygens (including phenoxy) is 2. The number of nitrogens with zero attached hydrogens (tertiary/aromatic N) is 6. The molecule has 20 nitrogen and oxygen atoms in total. The fourth-order valence-electron chi connectivity index (χ4n) is 7.46. The van der Waals surface area contributed by atoms with Gasteiger partial charge in [0.25, 0.3) is 11.5 Å². The molecule has 2 fully saturated rings. The SMILES string of the molecule is CC(=O)Cn1cnc2cc(Br)c(Cl)cc2c1=O.CC(C)(C)OC(=O)N1CCCC(OC(=O)NS(=O)(=O)NC2CCN(C(=O)Nc3nccnc3C(=O)NC3Cc4ccccc4C3)CC2)C1. The number of hydrogen-bond donors (Lipinski definition) is 4. The van der Waals surface area contributed by atoms with Crippen LogP contribution in [0.2, 0.25) is 5.02 Å². The summed E-state index contributed by atoms with van der Waals surface area (Å²) in [5.41, 5.74) is 1.97. The lowest BCUT2D eigenvalue weighted by molar-refractivity contribution is -0.117. The first-order valence-corrected chi connectivity index (χ1v) is 23.5. The van der Waals surface area contributed by atoms with E-state index in [9.17, 15) is 37.2 Å². The molecule has 0 spiro atoms. The van der Waals surface area contributed by atoms with Crippen LogP contribution in [-0.4, -0.2) is 118 Å². The molecule has 2 saturated heterocycles. The maximum Gasteiger partial charge on any atom is 0.422 e. The van der Waals surface area contributed by atoms with Gasteiger partial charge in [-0.1, -0.05) is 35.9 Å². The number of hydrogen-bond acceptors (Lipinski definition) is 13. The van der Waals surface area contributed by atoms with Gasteiger partial charge in [-0.3, -0.25) is 24.3 Å². The second kappa shape index (κ2) is 21.1. The minimum absolute atomic E-state index is 0.00631. The second-order valence-electron chi connectivity index (χ2n) is 16.8. The fourth-order valence-corrected chi connectivity index (χ4v) is 8.95. The lowest BCUT2D eigenvalue weighted by Crippen LogP contribution is -2.52. The van der Waals surface area contributed by atoms with Crippen molar-refractivity contribution in [2.45, 2.75) is 96.6 Å². The van der Waals surface area contributed by atoms with Gasteiger partial charge in [0, 0.05) is 48.6 Å². The Morgan fingerprint density at radius 2 is 1.60 bits per heavy atom. The molecule has 1 aliphatic carbocycles. The summed E-state index contributed by atoms with van der Waals surface area (Å²) in [6.07, 6.45) is 4.73. The zero-order chi connectivity index (χ0) is 47.1. The Balaban J connectivity index is 0.000000343. The van der Waals surface area contributed by atoms with Crippen molar-refractivity contribution in [1.82, 2.24) is 44.1 Å². The lowest BCUT2D eigenvalue weighted by Gasteiger charge is -2.34. The molecular formula is C42H50BrClN10O10S. The first-order chi connectivity index (χ1) is 30.7. The van der Waals surface area contributed by atoms with Crippen LogP contribution in [0.4, 0.5) is 20.2 Å². The van der Waals surface area contributed by atoms with Gasteiger partial charge < -0.3 is 24.6 Å². The summed E-state index contributed by atoms with van der Waals surface area (Å²) < 4.78 is 42.3. The maximum absolute atomic E-state index is 13.1. The summed E-state index contributed by atoms with van der Waals surface area (Å²) in [7, 11) is -4.28. The molecule has 2 aromatic heterocycles. The number of likely N-dealkylation sites (tertiary alicyclic amines) is 2. The van der Waals surface area contributed by atoms with Crippen molar-refractivity contribution < 1.29 is 41.9 Å². The second-order valence-corrected chi connectivity index (χ2v) is 19.5. The first-order valence-electron chi connectivity index (χ1n) is 20.8. The molecule has 65 heavy (non-hydrogen) atoms. The van der Waals surface area contributed by atoms with Crippen molar-refractivity contribution in [1.29, 1.82) is 0 Å². The highest BCUT2D eigenvalue weighted by molar-refractivity contribution is 9.10. The number of carbonyl (C=O) groups is 5. The molecular weight excluding hydrogens is 952 g/mol. The molecule has 1 atom stereocenters. The summed E-state index contributed by atoms with van der Waals surface area (Å²) in [4.78, 5) is 89.3. The van der Waals surface area contributed by atoms with Crippen molar-refractivity contribution in [3.8, 4) is 0 Å². The van der Waals surface area contributed by atoms with Crippen molar-refractivity contribution >= 4 is 84.4 Å². The monoisotopic (exact) mass is 1000 g/mol. The maximum atomic E-state index is 13.1. The van der Waals surface area contributed by atoms with Crippen LogP contribution in [0.1, 0.15) is 75.0 Å². The Kier molecular flexibility index (Phi) is 15.8. The zero-order valence-electron chi connectivity index (χ0n) is 36.1. The number of Topliss-reactive ketones (excluding diaryl/α,β-unsaturated/α-hetero) is 1. The van der Waals surface area contributed by atoms with Crippen LogP contribution in [0.25, 0.3) is 10.9 Å². The molecule has 348 valence electrons. The number of benzene rings is 2. The summed E-state index contributed by atoms with van der Waals surface area (Å²) >= 11 is 9.19. The van der Waals surface area contributed by atoms with Gasteiger partial charge in [-0.15, -0.1) is 0 Å². The zero-order valence-corrected chi connectivity index (χ0v) is 39.3. The van der Waals surface area contributed by atoms with E-state index in [0.717, 1.165) is 0 Å². The van der Waals surface area contributed by atoms with E-state index in [1.165, 1.54) is 51.1 Å². The van der Waals surface area contributed by atoms with Gasteiger partial charge in [-0.2, -0.15) is 13.1 Å². The van der Waals surface area contributed by atoms with Crippen LogP contribution in [0.5, 0.6) is 0 Å². The lowest BCUT2D eigenvalue weighted by atomic mass is 10.1. The van der Waals surface area contributed by atoms with Gasteiger partial charge in [0.05, 0.1) is 35.3 Å². The predicted octanol–water partition coefficient (Wildman–Crippen LogP) is 4.73. The smallest absolute Gasteiger partial charge is 0.422 e. The fraction of sp³-hybridized carbons (Fsp3) is 0.452. The van der Waals surface area contributed by atoms with Gasteiger partial charge in [0.1, 0.15) is 17.5 Å². The first kappa shape index (κ1) is 48.7. The van der Waals surface area contributed by atoms with Crippen LogP contribution < -0.4 is 25.6 Å². The normalized spacial score (nSPS) is 16.7. The number of fused-ring (bicyclic) bond motifs is 2. The third-order valence-electron chi connectivity index (χ3n) is 10.4. The predicted molar refractivity (Wildman–Crippen MR) is 243 cm³/mol. The molecule has 23 heteroatoms. The van der Waals surface area contributed by atoms with E-state index in [2.05, 4.69) is 46.2 Å². The number of nitrogens with one attached hydrogen (secondary N) is 4. The molecule has 1 unspecified atom stereocenters. The van der Waals surface area contributed by atoms with Crippen LogP contribution in [0, 0.1) is 0 Å². The number of anilines is 1. The van der Waals surface area contributed by atoms with Gasteiger partial charge >= 0.3 is 28.4 Å². The molecule has 4 N–H and O–H groups in total. The highest BCUT2D eigenvalue weighted by Gasteiger charge is 2.32. The molecule has 0 bridgehead atoms. The minimum atomic E-state index is -4.28. The minimum Gasteiger partial charge on any atom is -0.444 e. The molecule has 2 aromatic carbocycles. The Morgan fingerprint density at radius 1 is 0.923 bits per heavy atom. The summed E-state index contributed by atoms with van der Waals surface area (Å²) in [5.74, 6) is -0.524. The van der Waals surface area contributed by atoms with Crippen molar-refractivity contribution in [2.24, 2.45) is 0 Å². The molecule has 2 aliphatic heterocycles. The molecule has 4 aromatic rings. The van der Waals surface area contributed by atoms with E-state index >= 15 is 0 Å². The van der Waals surface area contributed by atoms with E-state index in [-0.39, 0.29) is 67.9 Å². The average Bonchev–Trinajstić information content (AvgIpc) is 3.64. The van der Waals surface area contributed by atoms with Crippen LogP contribution in [-0.2, 0) is 43.9 Å². The average molecular weight is 1000 g/mol. The number of amides is 5. The van der Waals surface area contributed by atoms with Gasteiger partial charge in [0.2, 0.25) is 0 Å². The molecule has 3 aliphatic rings. The number of ketones is 1. The molecule has 7 rings (SSSR count). The number of piperidine rings is 2. The molecule has 5 amide bonds. The quantitative estimate of drug-likeness (QED) is 0.177. The Labute approximate surface area is 388 Å². The standard InChI is InChI=1S/C31H42N8O8S.C11H8BrClN2O2/c1-31(2,3)47-30(43)39-14-6-9-24(19-39)46-29(42)37-48(44,45)36-22-10-15-38(16-11-22)28(41)35-26-25(32-12-13-33-26)27(40)34-23-17-20-7-4-5-8-21(20)18-23;1-6(16)4-15-5-14-10-3-8(12)9(13)2-7(10)11(15)17/h4-5,7-8,12-13,22-24,36H,6,9-11,14-19H2,1-3H3,(H,34,40)(H,37,42)(H,33,35,41);2-3,5H,4H2,1H3. The van der Waals surface area contributed by atoms with Crippen molar-refractivity contribution in [3.63, 3.8) is 0 Å². The highest BCUT2D eigenvalue weighted by atomic mass is 79.9. The Bertz CT molecular complexity index is 2600. The van der Waals surface area contributed by atoms with Gasteiger partial charge in [0.15, 0.2) is 11.5 Å². The van der Waals surface area contributed by atoms with Gasteiger partial charge in [-0.05, 0) is 105 Å². The summed E-state index contributed by atoms with van der Waals surface area (Å²) in [6, 6.07) is 10.1. The highest BCUT2D eigenvalue weighted by Crippen LogP contribution is 2.26. The Morgan fingerprint density at radius 3 is 2.26 bits per heavy atom. The van der Waals surface area contributed by atoms with Crippen LogP contribution >= 0.6 is 27.5 Å². The topological polar surface area (TPSA) is 253 Å². The number of halogens is 2. The number of carbonyl (C=O) groups excluding carboxylic acids is 5. The third kappa shape index (κ3) is 13.7.